The Morgan fingerprint density at radius 1 is 1.22 bits per heavy atom. The van der Waals surface area contributed by atoms with E-state index in [0.717, 1.165) is 0 Å². The molecule has 0 radical (unpaired) electrons. The lowest BCUT2D eigenvalue weighted by Crippen LogP contribution is -2.27. The number of benzene rings is 1. The van der Waals surface area contributed by atoms with Crippen LogP contribution in [0.2, 0.25) is 0 Å². The second-order valence-electron chi connectivity index (χ2n) is 4.47. The number of nitrogens with one attached hydrogen (secondary N) is 3. The summed E-state index contributed by atoms with van der Waals surface area (Å²) >= 11 is 0. The molecule has 0 unspecified atom stereocenters. The van der Waals surface area contributed by atoms with Crippen molar-refractivity contribution in [1.29, 1.82) is 5.26 Å². The first kappa shape index (κ1) is 17.7. The first-order chi connectivity index (χ1) is 10.9. The van der Waals surface area contributed by atoms with Crippen LogP contribution in [0, 0.1) is 11.3 Å². The standard InChI is InChI=1S/C15H16N4O4/c1-10(20)19-13-4-2-12(3-5-13)18-9-11(8-16)15(23)17-7-6-14(21)22/h2-5,9,18H,6-7H2,1H3,(H,17,23)(H,19,20)(H,21,22)/b11-9-. The Balaban J connectivity index is 2.62. The molecule has 120 valence electrons. The maximum Gasteiger partial charge on any atom is 0.305 e. The fraction of sp³-hybridized carbons (Fsp3) is 0.200. The SMILES string of the molecule is CC(=O)Nc1ccc(N/C=C(/C#N)C(=O)NCCC(=O)O)cc1. The van der Waals surface area contributed by atoms with Crippen LogP contribution in [0.4, 0.5) is 11.4 Å². The van der Waals surface area contributed by atoms with E-state index >= 15 is 0 Å². The fourth-order valence-corrected chi connectivity index (χ4v) is 1.54. The van der Waals surface area contributed by atoms with E-state index < -0.39 is 11.9 Å². The summed E-state index contributed by atoms with van der Waals surface area (Å²) in [6.07, 6.45) is 1.01. The third kappa shape index (κ3) is 6.77. The summed E-state index contributed by atoms with van der Waals surface area (Å²) in [5.74, 6) is -1.88. The van der Waals surface area contributed by atoms with Gasteiger partial charge in [-0.05, 0) is 24.3 Å². The molecule has 1 rings (SSSR count). The number of nitrogens with zero attached hydrogens (tertiary/aromatic N) is 1. The maximum absolute atomic E-state index is 11.7. The molecule has 0 bridgehead atoms. The van der Waals surface area contributed by atoms with Gasteiger partial charge in [0.2, 0.25) is 5.91 Å². The molecule has 0 heterocycles. The third-order valence-corrected chi connectivity index (χ3v) is 2.58. The number of anilines is 2. The molecule has 0 aliphatic rings. The van der Waals surface area contributed by atoms with Gasteiger partial charge in [0.05, 0.1) is 6.42 Å². The zero-order valence-electron chi connectivity index (χ0n) is 12.4. The Labute approximate surface area is 132 Å². The molecule has 0 fully saturated rings. The van der Waals surface area contributed by atoms with Gasteiger partial charge in [-0.25, -0.2) is 0 Å². The van der Waals surface area contributed by atoms with Gasteiger partial charge in [0, 0.05) is 31.0 Å². The summed E-state index contributed by atoms with van der Waals surface area (Å²) in [6.45, 7) is 1.34. The molecule has 0 saturated heterocycles. The number of carbonyl (C=O) groups is 3. The summed E-state index contributed by atoms with van der Waals surface area (Å²) < 4.78 is 0. The highest BCUT2D eigenvalue weighted by molar-refractivity contribution is 5.97. The first-order valence-corrected chi connectivity index (χ1v) is 6.67. The highest BCUT2D eigenvalue weighted by Gasteiger charge is 2.08. The summed E-state index contributed by atoms with van der Waals surface area (Å²) in [7, 11) is 0. The number of amides is 2. The van der Waals surface area contributed by atoms with Gasteiger partial charge < -0.3 is 21.1 Å². The largest absolute Gasteiger partial charge is 0.481 e. The van der Waals surface area contributed by atoms with Gasteiger partial charge >= 0.3 is 5.97 Å². The lowest BCUT2D eigenvalue weighted by atomic mass is 10.2. The van der Waals surface area contributed by atoms with E-state index in [1.165, 1.54) is 13.1 Å². The number of carboxylic acids is 1. The van der Waals surface area contributed by atoms with Crippen molar-refractivity contribution in [2.45, 2.75) is 13.3 Å². The molecular formula is C15H16N4O4. The van der Waals surface area contributed by atoms with Crippen molar-refractivity contribution >= 4 is 29.2 Å². The number of nitriles is 1. The summed E-state index contributed by atoms with van der Waals surface area (Å²) in [5, 5.41) is 25.2. The second kappa shape index (κ2) is 8.84. The van der Waals surface area contributed by atoms with Crippen LogP contribution in [0.25, 0.3) is 0 Å². The normalized spacial score (nSPS) is 10.3. The molecule has 8 heteroatoms. The number of aliphatic carboxylic acids is 1. The highest BCUT2D eigenvalue weighted by atomic mass is 16.4. The van der Waals surface area contributed by atoms with E-state index in [2.05, 4.69) is 16.0 Å². The second-order valence-corrected chi connectivity index (χ2v) is 4.47. The smallest absolute Gasteiger partial charge is 0.305 e. The van der Waals surface area contributed by atoms with E-state index in [4.69, 9.17) is 10.4 Å². The lowest BCUT2D eigenvalue weighted by Gasteiger charge is -2.06. The highest BCUT2D eigenvalue weighted by Crippen LogP contribution is 2.13. The number of carboxylic acid groups (broad SMARTS) is 1. The Morgan fingerprint density at radius 2 is 1.83 bits per heavy atom. The average Bonchev–Trinajstić information content (AvgIpc) is 2.48. The van der Waals surface area contributed by atoms with Crippen LogP contribution in [0.5, 0.6) is 0 Å². The Morgan fingerprint density at radius 3 is 2.35 bits per heavy atom. The van der Waals surface area contributed by atoms with Crippen LogP contribution >= 0.6 is 0 Å². The predicted octanol–water partition coefficient (Wildman–Crippen LogP) is 1.06. The van der Waals surface area contributed by atoms with Crippen molar-refractivity contribution in [2.75, 3.05) is 17.2 Å². The minimum Gasteiger partial charge on any atom is -0.481 e. The topological polar surface area (TPSA) is 131 Å². The molecule has 23 heavy (non-hydrogen) atoms. The zero-order chi connectivity index (χ0) is 17.2. The number of hydrogen-bond acceptors (Lipinski definition) is 5. The zero-order valence-corrected chi connectivity index (χ0v) is 12.4. The molecule has 0 saturated carbocycles. The minimum atomic E-state index is -1.04. The van der Waals surface area contributed by atoms with Crippen molar-refractivity contribution in [2.24, 2.45) is 0 Å². The molecule has 0 aliphatic carbocycles. The van der Waals surface area contributed by atoms with Gasteiger partial charge in [-0.3, -0.25) is 14.4 Å². The van der Waals surface area contributed by atoms with Gasteiger partial charge in [-0.15, -0.1) is 0 Å². The first-order valence-electron chi connectivity index (χ1n) is 6.67. The molecule has 1 aromatic rings. The fourth-order valence-electron chi connectivity index (χ4n) is 1.54. The van der Waals surface area contributed by atoms with E-state index in [1.54, 1.807) is 30.3 Å². The molecular weight excluding hydrogens is 300 g/mol. The molecule has 0 spiro atoms. The molecule has 1 aromatic carbocycles. The van der Waals surface area contributed by atoms with Crippen molar-refractivity contribution in [3.05, 3.63) is 36.0 Å². The van der Waals surface area contributed by atoms with E-state index in [0.29, 0.717) is 11.4 Å². The van der Waals surface area contributed by atoms with Crippen molar-refractivity contribution in [3.63, 3.8) is 0 Å². The van der Waals surface area contributed by atoms with Crippen LogP contribution in [-0.4, -0.2) is 29.4 Å². The molecule has 2 amide bonds. The summed E-state index contributed by atoms with van der Waals surface area (Å²) in [4.78, 5) is 32.9. The van der Waals surface area contributed by atoms with Crippen LogP contribution in [0.1, 0.15) is 13.3 Å². The van der Waals surface area contributed by atoms with E-state index in [1.807, 2.05) is 0 Å². The average molecular weight is 316 g/mol. The van der Waals surface area contributed by atoms with E-state index in [9.17, 15) is 14.4 Å². The van der Waals surface area contributed by atoms with Gasteiger partial charge in [0.15, 0.2) is 0 Å². The van der Waals surface area contributed by atoms with Crippen LogP contribution in [0.15, 0.2) is 36.0 Å². The summed E-state index contributed by atoms with van der Waals surface area (Å²) in [5.41, 5.74) is 1.06. The quantitative estimate of drug-likeness (QED) is 0.439. The Bertz CT molecular complexity index is 659. The molecule has 0 aromatic heterocycles. The van der Waals surface area contributed by atoms with Gasteiger partial charge in [-0.2, -0.15) is 5.26 Å². The van der Waals surface area contributed by atoms with Crippen molar-refractivity contribution < 1.29 is 19.5 Å². The Kier molecular flexibility index (Phi) is 6.81. The van der Waals surface area contributed by atoms with Gasteiger partial charge in [0.25, 0.3) is 5.91 Å². The monoisotopic (exact) mass is 316 g/mol. The third-order valence-electron chi connectivity index (χ3n) is 2.58. The Hall–Kier alpha value is -3.34. The van der Waals surface area contributed by atoms with Crippen molar-refractivity contribution in [1.82, 2.24) is 5.32 Å². The van der Waals surface area contributed by atoms with Crippen LogP contribution < -0.4 is 16.0 Å². The summed E-state index contributed by atoms with van der Waals surface area (Å²) in [6, 6.07) is 8.39. The molecule has 0 aliphatic heterocycles. The molecule has 8 nitrogen and oxygen atoms in total. The maximum atomic E-state index is 11.7. The number of carbonyl (C=O) groups excluding carboxylic acids is 2. The van der Waals surface area contributed by atoms with Gasteiger partial charge in [0.1, 0.15) is 11.6 Å². The van der Waals surface area contributed by atoms with Crippen LogP contribution in [0.3, 0.4) is 0 Å². The lowest BCUT2D eigenvalue weighted by molar-refractivity contribution is -0.136. The minimum absolute atomic E-state index is 0.0569. The number of hydrogen-bond donors (Lipinski definition) is 4. The number of rotatable bonds is 7. The molecule has 4 N–H and O–H groups in total. The molecule has 0 atom stereocenters. The van der Waals surface area contributed by atoms with Crippen molar-refractivity contribution in [3.8, 4) is 6.07 Å². The van der Waals surface area contributed by atoms with E-state index in [-0.39, 0.29) is 24.4 Å². The van der Waals surface area contributed by atoms with Crippen LogP contribution in [-0.2, 0) is 14.4 Å². The predicted molar refractivity (Wildman–Crippen MR) is 83.3 cm³/mol. The van der Waals surface area contributed by atoms with Gasteiger partial charge in [-0.1, -0.05) is 0 Å².